The Bertz CT molecular complexity index is 638. The maximum Gasteiger partial charge on any atom is 0.0602 e. The van der Waals surface area contributed by atoms with E-state index in [4.69, 9.17) is 0 Å². The van der Waals surface area contributed by atoms with Crippen molar-refractivity contribution in [2.45, 2.75) is 103 Å². The summed E-state index contributed by atoms with van der Waals surface area (Å²) in [6.45, 7) is 7.11. The maximum absolute atomic E-state index is 11.6. The van der Waals surface area contributed by atoms with Crippen LogP contribution in [0.15, 0.2) is 0 Å². The van der Waals surface area contributed by atoms with E-state index < -0.39 is 0 Å². The second-order valence-electron chi connectivity index (χ2n) is 12.7. The first-order chi connectivity index (χ1) is 15.2. The van der Waals surface area contributed by atoms with Gasteiger partial charge in [-0.1, -0.05) is 33.6 Å². The lowest BCUT2D eigenvalue weighted by atomic mass is 9.43. The molecule has 11 atom stereocenters. The molecule has 0 aromatic rings. The first kappa shape index (κ1) is 24.9. The molecule has 32 heavy (non-hydrogen) atoms. The molecule has 4 fully saturated rings. The minimum absolute atomic E-state index is 0.0183. The Balaban J connectivity index is 1.50. The summed E-state index contributed by atoms with van der Waals surface area (Å²) in [5.41, 5.74) is -0.0228. The molecule has 5 heteroatoms. The normalized spacial score (nSPS) is 49.4. The molecule has 0 saturated heterocycles. The molecule has 0 aromatic carbocycles. The summed E-state index contributed by atoms with van der Waals surface area (Å²) in [5, 5.41) is 52.0. The highest BCUT2D eigenvalue weighted by atomic mass is 16.3. The standard InChI is InChI=1S/C27H48O5/c1-16(5-4-6-17(14-28)15-29)20-7-8-21-25-22(13-24(32)27(20,21)3)26(2)10-9-19(30)11-18(26)12-23(25)31/h16-25,28-32H,4-15H2,1-3H3/t16-,18+,19-,20-,21+,22+,23-,24+,25+,26+,27-/m1/s1. The van der Waals surface area contributed by atoms with E-state index in [1.54, 1.807) is 0 Å². The number of fused-ring (bicyclic) bond motifs is 5. The SMILES string of the molecule is C[C@H](CCCC(CO)CO)[C@H]1CC[C@H]2[C@@H]3[C@H](O)C[C@@H]4C[C@H](O)CC[C@]4(C)[C@H]3C[C@H](O)[C@]12C. The van der Waals surface area contributed by atoms with Gasteiger partial charge < -0.3 is 25.5 Å². The fourth-order valence-electron chi connectivity index (χ4n) is 9.30. The Morgan fingerprint density at radius 3 is 2.28 bits per heavy atom. The first-order valence-electron chi connectivity index (χ1n) is 13.4. The number of hydrogen-bond acceptors (Lipinski definition) is 5. The van der Waals surface area contributed by atoms with Crippen molar-refractivity contribution in [3.05, 3.63) is 0 Å². The van der Waals surface area contributed by atoms with Crippen molar-refractivity contribution in [3.8, 4) is 0 Å². The van der Waals surface area contributed by atoms with Crippen molar-refractivity contribution in [2.75, 3.05) is 13.2 Å². The van der Waals surface area contributed by atoms with Crippen molar-refractivity contribution in [2.24, 2.45) is 52.3 Å². The van der Waals surface area contributed by atoms with Crippen LogP contribution in [-0.4, -0.2) is 57.1 Å². The molecule has 186 valence electrons. The van der Waals surface area contributed by atoms with Crippen LogP contribution in [0.1, 0.15) is 85.0 Å². The molecule has 4 saturated carbocycles. The van der Waals surface area contributed by atoms with Gasteiger partial charge in [-0.05, 0) is 97.7 Å². The first-order valence-corrected chi connectivity index (χ1v) is 13.4. The molecule has 0 bridgehead atoms. The molecule has 4 rings (SSSR count). The number of aliphatic hydroxyl groups is 5. The van der Waals surface area contributed by atoms with Gasteiger partial charge in [-0.25, -0.2) is 0 Å². The third-order valence-corrected chi connectivity index (χ3v) is 11.3. The van der Waals surface area contributed by atoms with Crippen molar-refractivity contribution in [1.29, 1.82) is 0 Å². The van der Waals surface area contributed by atoms with E-state index in [2.05, 4.69) is 20.8 Å². The van der Waals surface area contributed by atoms with Gasteiger partial charge in [0.2, 0.25) is 0 Å². The van der Waals surface area contributed by atoms with Gasteiger partial charge >= 0.3 is 0 Å². The van der Waals surface area contributed by atoms with Crippen LogP contribution in [0.5, 0.6) is 0 Å². The molecular weight excluding hydrogens is 404 g/mol. The van der Waals surface area contributed by atoms with E-state index in [9.17, 15) is 25.5 Å². The average Bonchev–Trinajstić information content (AvgIpc) is 3.12. The van der Waals surface area contributed by atoms with Crippen LogP contribution in [0, 0.1) is 52.3 Å². The monoisotopic (exact) mass is 452 g/mol. The predicted molar refractivity (Wildman–Crippen MR) is 125 cm³/mol. The van der Waals surface area contributed by atoms with Crippen LogP contribution in [0.2, 0.25) is 0 Å². The van der Waals surface area contributed by atoms with Crippen LogP contribution in [0.3, 0.4) is 0 Å². The molecule has 4 aliphatic carbocycles. The Kier molecular flexibility index (Phi) is 7.36. The lowest BCUT2D eigenvalue weighted by Crippen LogP contribution is -2.62. The van der Waals surface area contributed by atoms with Crippen molar-refractivity contribution >= 4 is 0 Å². The van der Waals surface area contributed by atoms with Gasteiger partial charge in [-0.2, -0.15) is 0 Å². The van der Waals surface area contributed by atoms with Crippen molar-refractivity contribution in [1.82, 2.24) is 0 Å². The summed E-state index contributed by atoms with van der Waals surface area (Å²) in [4.78, 5) is 0. The molecule has 0 aliphatic heterocycles. The van der Waals surface area contributed by atoms with E-state index in [1.807, 2.05) is 0 Å². The van der Waals surface area contributed by atoms with E-state index in [0.29, 0.717) is 29.6 Å². The zero-order chi connectivity index (χ0) is 23.3. The summed E-state index contributed by atoms with van der Waals surface area (Å²) in [5.74, 6) is 2.27. The van der Waals surface area contributed by atoms with Gasteiger partial charge in [0, 0.05) is 19.1 Å². The van der Waals surface area contributed by atoms with Gasteiger partial charge in [0.1, 0.15) is 0 Å². The molecule has 5 nitrogen and oxygen atoms in total. The van der Waals surface area contributed by atoms with Crippen molar-refractivity contribution < 1.29 is 25.5 Å². The highest BCUT2D eigenvalue weighted by Crippen LogP contribution is 2.68. The molecule has 0 radical (unpaired) electrons. The van der Waals surface area contributed by atoms with Crippen LogP contribution in [0.4, 0.5) is 0 Å². The average molecular weight is 453 g/mol. The Hall–Kier alpha value is -0.200. The predicted octanol–water partition coefficient (Wildman–Crippen LogP) is 3.36. The smallest absolute Gasteiger partial charge is 0.0602 e. The topological polar surface area (TPSA) is 101 Å². The molecule has 4 aliphatic rings. The molecule has 5 N–H and O–H groups in total. The van der Waals surface area contributed by atoms with Crippen LogP contribution in [-0.2, 0) is 0 Å². The van der Waals surface area contributed by atoms with E-state index in [-0.39, 0.29) is 54.2 Å². The maximum atomic E-state index is 11.6. The van der Waals surface area contributed by atoms with E-state index in [0.717, 1.165) is 64.2 Å². The molecule has 0 spiro atoms. The third kappa shape index (κ3) is 3.98. The van der Waals surface area contributed by atoms with Crippen molar-refractivity contribution in [3.63, 3.8) is 0 Å². The van der Waals surface area contributed by atoms with Crippen LogP contribution in [0.25, 0.3) is 0 Å². The minimum atomic E-state index is -0.332. The van der Waals surface area contributed by atoms with E-state index in [1.165, 1.54) is 0 Å². The Morgan fingerprint density at radius 2 is 1.59 bits per heavy atom. The molecule has 0 aromatic heterocycles. The fourth-order valence-corrected chi connectivity index (χ4v) is 9.30. The van der Waals surface area contributed by atoms with Gasteiger partial charge in [0.25, 0.3) is 0 Å². The summed E-state index contributed by atoms with van der Waals surface area (Å²) < 4.78 is 0. The lowest BCUT2D eigenvalue weighted by Gasteiger charge is -2.63. The number of rotatable bonds is 7. The van der Waals surface area contributed by atoms with E-state index >= 15 is 0 Å². The molecule has 0 amide bonds. The van der Waals surface area contributed by atoms with Gasteiger partial charge in [-0.3, -0.25) is 0 Å². The third-order valence-electron chi connectivity index (χ3n) is 11.3. The lowest BCUT2D eigenvalue weighted by molar-refractivity contribution is -0.207. The highest BCUT2D eigenvalue weighted by molar-refractivity contribution is 5.14. The highest BCUT2D eigenvalue weighted by Gasteiger charge is 2.65. The minimum Gasteiger partial charge on any atom is -0.396 e. The van der Waals surface area contributed by atoms with Gasteiger partial charge in [0.15, 0.2) is 0 Å². The molecule has 0 heterocycles. The Labute approximate surface area is 194 Å². The fraction of sp³-hybridized carbons (Fsp3) is 1.00. The zero-order valence-corrected chi connectivity index (χ0v) is 20.5. The van der Waals surface area contributed by atoms with Gasteiger partial charge in [0.05, 0.1) is 18.3 Å². The van der Waals surface area contributed by atoms with Crippen LogP contribution >= 0.6 is 0 Å². The van der Waals surface area contributed by atoms with Crippen LogP contribution < -0.4 is 0 Å². The summed E-state index contributed by atoms with van der Waals surface area (Å²) in [6, 6.07) is 0. The zero-order valence-electron chi connectivity index (χ0n) is 20.5. The second kappa shape index (κ2) is 9.45. The van der Waals surface area contributed by atoms with Gasteiger partial charge in [-0.15, -0.1) is 0 Å². The molecular formula is C27H48O5. The second-order valence-corrected chi connectivity index (χ2v) is 12.7. The number of aliphatic hydroxyl groups excluding tert-OH is 5. The Morgan fingerprint density at radius 1 is 0.875 bits per heavy atom. The summed E-state index contributed by atoms with van der Waals surface area (Å²) in [6.07, 6.45) is 8.51. The summed E-state index contributed by atoms with van der Waals surface area (Å²) >= 11 is 0. The molecule has 0 unspecified atom stereocenters. The summed E-state index contributed by atoms with van der Waals surface area (Å²) in [7, 11) is 0. The number of hydrogen-bond donors (Lipinski definition) is 5. The quantitative estimate of drug-likeness (QED) is 0.408. The largest absolute Gasteiger partial charge is 0.396 e.